The normalized spacial score (nSPS) is 11.6. The lowest BCUT2D eigenvalue weighted by Gasteiger charge is -2.14. The van der Waals surface area contributed by atoms with E-state index in [9.17, 15) is 0 Å². The third kappa shape index (κ3) is 4.50. The Morgan fingerprint density at radius 3 is 1.86 bits per heavy atom. The van der Waals surface area contributed by atoms with Gasteiger partial charge in [0.2, 0.25) is 0 Å². The van der Waals surface area contributed by atoms with Gasteiger partial charge in [0.05, 0.1) is 16.7 Å². The molecule has 0 N–H and O–H groups in total. The summed E-state index contributed by atoms with van der Waals surface area (Å²) in [7, 11) is 0. The first-order valence-electron chi connectivity index (χ1n) is 16.6. The summed E-state index contributed by atoms with van der Waals surface area (Å²) in [5.41, 5.74) is 9.56. The van der Waals surface area contributed by atoms with Crippen molar-refractivity contribution in [3.63, 3.8) is 0 Å². The Labute approximate surface area is 287 Å². The summed E-state index contributed by atoms with van der Waals surface area (Å²) in [5.74, 6) is 1.70. The lowest BCUT2D eigenvalue weighted by atomic mass is 9.98. The summed E-state index contributed by atoms with van der Waals surface area (Å²) in [6.45, 7) is 0. The minimum atomic E-state index is 0.509. The Balaban J connectivity index is 1.20. The molecule has 0 amide bonds. The highest BCUT2D eigenvalue weighted by atomic mass is 16.3. The molecule has 0 aliphatic heterocycles. The van der Waals surface area contributed by atoms with Gasteiger partial charge in [-0.25, -0.2) is 15.0 Å². The fourth-order valence-corrected chi connectivity index (χ4v) is 7.08. The van der Waals surface area contributed by atoms with Crippen molar-refractivity contribution >= 4 is 43.7 Å². The first-order chi connectivity index (χ1) is 24.8. The quantitative estimate of drug-likeness (QED) is 0.187. The van der Waals surface area contributed by atoms with Gasteiger partial charge in [0.15, 0.2) is 17.5 Å². The summed E-state index contributed by atoms with van der Waals surface area (Å²) in [6, 6.07) is 53.9. The van der Waals surface area contributed by atoms with Crippen LogP contribution in [0.25, 0.3) is 94.9 Å². The number of rotatable bonds is 5. The predicted molar refractivity (Wildman–Crippen MR) is 201 cm³/mol. The molecule has 6 heteroatoms. The predicted octanol–water partition coefficient (Wildman–Crippen LogP) is 10.9. The standard InChI is InChI=1S/C44H27N5O/c1-3-13-28(14-4-1)42-46-43(29-15-5-2-6-16-29)48-44(47-42)41-37(21-12-26-45-41)49-35-20-9-7-17-32(35)34-27-30(24-25-36(34)49)31-19-11-23-39-40(31)33-18-8-10-22-38(33)50-39/h1-27H. The molecule has 0 fully saturated rings. The summed E-state index contributed by atoms with van der Waals surface area (Å²) < 4.78 is 8.51. The number of nitrogens with zero attached hydrogens (tertiary/aromatic N) is 5. The van der Waals surface area contributed by atoms with E-state index in [0.29, 0.717) is 23.2 Å². The van der Waals surface area contributed by atoms with Gasteiger partial charge in [0.25, 0.3) is 0 Å². The fourth-order valence-electron chi connectivity index (χ4n) is 7.08. The first kappa shape index (κ1) is 28.1. The summed E-state index contributed by atoms with van der Waals surface area (Å²) in [4.78, 5) is 19.9. The fraction of sp³-hybridized carbons (Fsp3) is 0. The molecule has 0 saturated carbocycles. The zero-order valence-corrected chi connectivity index (χ0v) is 26.7. The summed E-state index contributed by atoms with van der Waals surface area (Å²) >= 11 is 0. The van der Waals surface area contributed by atoms with Crippen LogP contribution in [0, 0.1) is 0 Å². The van der Waals surface area contributed by atoms with Crippen LogP contribution in [-0.2, 0) is 0 Å². The van der Waals surface area contributed by atoms with Crippen molar-refractivity contribution in [2.75, 3.05) is 0 Å². The molecular formula is C44H27N5O. The molecule has 6 aromatic carbocycles. The average Bonchev–Trinajstić information content (AvgIpc) is 3.74. The van der Waals surface area contributed by atoms with Gasteiger partial charge < -0.3 is 8.98 Å². The van der Waals surface area contributed by atoms with E-state index in [1.807, 2.05) is 84.9 Å². The Kier molecular flexibility index (Phi) is 6.39. The number of furan rings is 1. The molecule has 10 aromatic rings. The molecule has 234 valence electrons. The van der Waals surface area contributed by atoms with E-state index >= 15 is 0 Å². The molecule has 0 aliphatic carbocycles. The topological polar surface area (TPSA) is 69.6 Å². The van der Waals surface area contributed by atoms with Crippen molar-refractivity contribution in [1.29, 1.82) is 0 Å². The Morgan fingerprint density at radius 2 is 1.08 bits per heavy atom. The van der Waals surface area contributed by atoms with Crippen LogP contribution < -0.4 is 0 Å². The van der Waals surface area contributed by atoms with E-state index < -0.39 is 0 Å². The molecule has 50 heavy (non-hydrogen) atoms. The zero-order valence-electron chi connectivity index (χ0n) is 26.7. The van der Waals surface area contributed by atoms with Crippen molar-refractivity contribution in [3.8, 4) is 51.1 Å². The third-order valence-electron chi connectivity index (χ3n) is 9.32. The third-order valence-corrected chi connectivity index (χ3v) is 9.32. The van der Waals surface area contributed by atoms with Crippen molar-refractivity contribution < 1.29 is 4.42 Å². The van der Waals surface area contributed by atoms with E-state index in [4.69, 9.17) is 24.4 Å². The average molecular weight is 642 g/mol. The van der Waals surface area contributed by atoms with Crippen LogP contribution in [0.2, 0.25) is 0 Å². The number of hydrogen-bond acceptors (Lipinski definition) is 5. The van der Waals surface area contributed by atoms with E-state index in [1.54, 1.807) is 6.20 Å². The number of pyridine rings is 1. The van der Waals surface area contributed by atoms with Crippen molar-refractivity contribution in [2.45, 2.75) is 0 Å². The minimum absolute atomic E-state index is 0.509. The Bertz CT molecular complexity index is 2820. The van der Waals surface area contributed by atoms with Gasteiger partial charge in [0.1, 0.15) is 16.9 Å². The number of fused-ring (bicyclic) bond motifs is 6. The van der Waals surface area contributed by atoms with Gasteiger partial charge in [0, 0.05) is 38.9 Å². The molecule has 10 rings (SSSR count). The molecule has 0 aliphatic rings. The maximum absolute atomic E-state index is 6.24. The molecule has 0 atom stereocenters. The van der Waals surface area contributed by atoms with Crippen LogP contribution in [-0.4, -0.2) is 24.5 Å². The zero-order chi connectivity index (χ0) is 33.0. The van der Waals surface area contributed by atoms with Crippen molar-refractivity contribution in [1.82, 2.24) is 24.5 Å². The van der Waals surface area contributed by atoms with E-state index in [2.05, 4.69) is 77.4 Å². The highest BCUT2D eigenvalue weighted by molar-refractivity contribution is 6.15. The number of para-hydroxylation sites is 2. The Hall–Kier alpha value is -6.92. The maximum Gasteiger partial charge on any atom is 0.184 e. The highest BCUT2D eigenvalue weighted by Crippen LogP contribution is 2.40. The lowest BCUT2D eigenvalue weighted by molar-refractivity contribution is 0.669. The SMILES string of the molecule is c1ccc(-c2nc(-c3ccccc3)nc(-c3ncccc3-n3c4ccccc4c4cc(-c5cccc6oc7ccccc7c56)ccc43)n2)cc1. The van der Waals surface area contributed by atoms with Gasteiger partial charge in [-0.3, -0.25) is 4.98 Å². The van der Waals surface area contributed by atoms with Crippen molar-refractivity contribution in [3.05, 3.63) is 164 Å². The molecule has 6 nitrogen and oxygen atoms in total. The maximum atomic E-state index is 6.24. The van der Waals surface area contributed by atoms with E-state index in [0.717, 1.165) is 71.7 Å². The monoisotopic (exact) mass is 641 g/mol. The van der Waals surface area contributed by atoms with Gasteiger partial charge in [-0.05, 0) is 53.6 Å². The summed E-state index contributed by atoms with van der Waals surface area (Å²) in [6.07, 6.45) is 1.80. The molecule has 4 aromatic heterocycles. The van der Waals surface area contributed by atoms with Gasteiger partial charge in [-0.1, -0.05) is 115 Å². The minimum Gasteiger partial charge on any atom is -0.456 e. The van der Waals surface area contributed by atoms with Crippen LogP contribution in [0.4, 0.5) is 0 Å². The molecular weight excluding hydrogens is 615 g/mol. The van der Waals surface area contributed by atoms with Crippen LogP contribution in [0.5, 0.6) is 0 Å². The Morgan fingerprint density at radius 1 is 0.440 bits per heavy atom. The smallest absolute Gasteiger partial charge is 0.184 e. The van der Waals surface area contributed by atoms with Gasteiger partial charge in [-0.15, -0.1) is 0 Å². The van der Waals surface area contributed by atoms with Crippen LogP contribution in [0.3, 0.4) is 0 Å². The van der Waals surface area contributed by atoms with Crippen molar-refractivity contribution in [2.24, 2.45) is 0 Å². The molecule has 0 unspecified atom stereocenters. The van der Waals surface area contributed by atoms with E-state index in [1.165, 1.54) is 0 Å². The molecule has 0 saturated heterocycles. The molecule has 0 bridgehead atoms. The number of hydrogen-bond donors (Lipinski definition) is 0. The molecule has 0 spiro atoms. The van der Waals surface area contributed by atoms with Crippen LogP contribution >= 0.6 is 0 Å². The number of benzene rings is 6. The largest absolute Gasteiger partial charge is 0.456 e. The van der Waals surface area contributed by atoms with Crippen LogP contribution in [0.1, 0.15) is 0 Å². The second kappa shape index (κ2) is 11.4. The summed E-state index contributed by atoms with van der Waals surface area (Å²) in [5, 5.41) is 4.53. The highest BCUT2D eigenvalue weighted by Gasteiger charge is 2.21. The molecule has 0 radical (unpaired) electrons. The molecule has 4 heterocycles. The first-order valence-corrected chi connectivity index (χ1v) is 16.6. The van der Waals surface area contributed by atoms with Gasteiger partial charge >= 0.3 is 0 Å². The van der Waals surface area contributed by atoms with Gasteiger partial charge in [-0.2, -0.15) is 0 Å². The lowest BCUT2D eigenvalue weighted by Crippen LogP contribution is -2.05. The second-order valence-electron chi connectivity index (χ2n) is 12.3. The van der Waals surface area contributed by atoms with E-state index in [-0.39, 0.29) is 0 Å². The van der Waals surface area contributed by atoms with Crippen LogP contribution in [0.15, 0.2) is 168 Å². The second-order valence-corrected chi connectivity index (χ2v) is 12.3. The number of aromatic nitrogens is 5.